The molecular formula is C17H22Cl2N4O3S3. The van der Waals surface area contributed by atoms with Crippen molar-refractivity contribution in [2.75, 3.05) is 17.3 Å². The summed E-state index contributed by atoms with van der Waals surface area (Å²) in [4.78, 5) is 12.7. The van der Waals surface area contributed by atoms with Gasteiger partial charge >= 0.3 is 0 Å². The molecule has 2 rings (SSSR count). The van der Waals surface area contributed by atoms with Crippen LogP contribution in [0.15, 0.2) is 23.1 Å². The molecule has 7 nitrogen and oxygen atoms in total. The van der Waals surface area contributed by atoms with Gasteiger partial charge in [0.2, 0.25) is 21.1 Å². The van der Waals surface area contributed by atoms with Gasteiger partial charge in [-0.05, 0) is 43.0 Å². The zero-order chi connectivity index (χ0) is 21.4. The van der Waals surface area contributed by atoms with Gasteiger partial charge in [0.1, 0.15) is 11.0 Å². The molecule has 0 aliphatic rings. The second-order valence-corrected chi connectivity index (χ2v) is 10.7. The molecule has 1 unspecified atom stereocenters. The minimum Gasteiger partial charge on any atom is -0.299 e. The number of aromatic nitrogens is 2. The highest BCUT2D eigenvalue weighted by Crippen LogP contribution is 2.25. The second kappa shape index (κ2) is 11.5. The molecule has 1 aromatic carbocycles. The van der Waals surface area contributed by atoms with Gasteiger partial charge in [0.05, 0.1) is 14.9 Å². The van der Waals surface area contributed by atoms with Gasteiger partial charge in [-0.3, -0.25) is 10.1 Å². The number of sulfonamides is 1. The largest absolute Gasteiger partial charge is 0.299 e. The number of nitrogens with one attached hydrogen (secondary N) is 2. The third kappa shape index (κ3) is 7.37. The minimum atomic E-state index is -3.97. The average molecular weight is 497 g/mol. The van der Waals surface area contributed by atoms with E-state index in [2.05, 4.69) is 27.2 Å². The zero-order valence-electron chi connectivity index (χ0n) is 15.9. The summed E-state index contributed by atoms with van der Waals surface area (Å²) in [5.74, 6) is 0.112. The topological polar surface area (TPSA) is 101 Å². The van der Waals surface area contributed by atoms with Gasteiger partial charge in [0, 0.05) is 6.42 Å². The van der Waals surface area contributed by atoms with E-state index in [-0.39, 0.29) is 14.9 Å². The van der Waals surface area contributed by atoms with Crippen molar-refractivity contribution in [3.63, 3.8) is 0 Å². The third-order valence-electron chi connectivity index (χ3n) is 3.87. The fourth-order valence-corrected chi connectivity index (χ4v) is 5.18. The first-order valence-electron chi connectivity index (χ1n) is 8.86. The predicted molar refractivity (Wildman–Crippen MR) is 121 cm³/mol. The Balaban J connectivity index is 2.13. The molecule has 0 saturated carbocycles. The number of anilines is 1. The summed E-state index contributed by atoms with van der Waals surface area (Å²) >= 11 is 14.6. The zero-order valence-corrected chi connectivity index (χ0v) is 19.9. The Bertz CT molecular complexity index is 938. The summed E-state index contributed by atoms with van der Waals surface area (Å²) in [5.41, 5.74) is 0. The van der Waals surface area contributed by atoms with Crippen LogP contribution in [0, 0.1) is 0 Å². The maximum Gasteiger partial charge on any atom is 0.244 e. The van der Waals surface area contributed by atoms with Crippen molar-refractivity contribution in [1.82, 2.24) is 14.9 Å². The summed E-state index contributed by atoms with van der Waals surface area (Å²) in [6.45, 7) is 2.08. The van der Waals surface area contributed by atoms with Crippen molar-refractivity contribution in [2.24, 2.45) is 0 Å². The van der Waals surface area contributed by atoms with E-state index in [1.807, 2.05) is 6.26 Å². The number of carbonyl (C=O) groups is 1. The third-order valence-corrected chi connectivity index (χ3v) is 7.62. The van der Waals surface area contributed by atoms with Crippen molar-refractivity contribution in [3.8, 4) is 0 Å². The first-order chi connectivity index (χ1) is 13.8. The summed E-state index contributed by atoms with van der Waals surface area (Å²) < 4.78 is 27.9. The lowest BCUT2D eigenvalue weighted by Crippen LogP contribution is -2.44. The number of aryl methyl sites for hydroxylation is 1. The van der Waals surface area contributed by atoms with Gasteiger partial charge in [-0.1, -0.05) is 47.9 Å². The van der Waals surface area contributed by atoms with Gasteiger partial charge in [0.25, 0.3) is 0 Å². The number of rotatable bonds is 11. The molecular weight excluding hydrogens is 475 g/mol. The number of halogens is 2. The molecule has 1 amide bonds. The smallest absolute Gasteiger partial charge is 0.244 e. The first-order valence-corrected chi connectivity index (χ1v) is 13.3. The van der Waals surface area contributed by atoms with Crippen LogP contribution < -0.4 is 10.0 Å². The average Bonchev–Trinajstić information content (AvgIpc) is 3.12. The Morgan fingerprint density at radius 3 is 2.69 bits per heavy atom. The number of thioether (sulfide) groups is 1. The molecule has 0 aliphatic heterocycles. The first kappa shape index (κ1) is 24.4. The highest BCUT2D eigenvalue weighted by Gasteiger charge is 2.26. The molecule has 1 heterocycles. The Morgan fingerprint density at radius 2 is 2.03 bits per heavy atom. The molecule has 0 spiro atoms. The summed E-state index contributed by atoms with van der Waals surface area (Å²) in [5, 5.41) is 12.2. The van der Waals surface area contributed by atoms with Gasteiger partial charge in [0.15, 0.2) is 0 Å². The van der Waals surface area contributed by atoms with E-state index >= 15 is 0 Å². The van der Waals surface area contributed by atoms with E-state index in [4.69, 9.17) is 23.2 Å². The maximum absolute atomic E-state index is 12.7. The normalized spacial score (nSPS) is 12.7. The van der Waals surface area contributed by atoms with E-state index in [0.29, 0.717) is 17.3 Å². The highest BCUT2D eigenvalue weighted by atomic mass is 35.5. The van der Waals surface area contributed by atoms with E-state index in [0.717, 1.165) is 24.3 Å². The molecule has 2 aromatic rings. The van der Waals surface area contributed by atoms with Crippen LogP contribution in [-0.2, 0) is 21.2 Å². The van der Waals surface area contributed by atoms with Crippen LogP contribution in [0.5, 0.6) is 0 Å². The van der Waals surface area contributed by atoms with Crippen molar-refractivity contribution in [1.29, 1.82) is 0 Å². The molecule has 29 heavy (non-hydrogen) atoms. The Kier molecular flexibility index (Phi) is 9.64. The number of unbranched alkanes of at least 4 members (excludes halogenated alkanes) is 1. The van der Waals surface area contributed by atoms with E-state index in [1.54, 1.807) is 0 Å². The number of benzene rings is 1. The Hall–Kier alpha value is -0.910. The summed E-state index contributed by atoms with van der Waals surface area (Å²) in [6, 6.07) is 3.02. The fraction of sp³-hybridized carbons (Fsp3) is 0.471. The van der Waals surface area contributed by atoms with Crippen LogP contribution in [0.4, 0.5) is 5.13 Å². The van der Waals surface area contributed by atoms with E-state index < -0.39 is 22.0 Å². The van der Waals surface area contributed by atoms with E-state index in [9.17, 15) is 13.2 Å². The molecule has 0 radical (unpaired) electrons. The van der Waals surface area contributed by atoms with Crippen molar-refractivity contribution in [3.05, 3.63) is 33.3 Å². The molecule has 0 bridgehead atoms. The van der Waals surface area contributed by atoms with E-state index in [1.165, 1.54) is 41.3 Å². The number of amides is 1. The van der Waals surface area contributed by atoms with Crippen molar-refractivity contribution in [2.45, 2.75) is 43.5 Å². The predicted octanol–water partition coefficient (Wildman–Crippen LogP) is 4.23. The lowest BCUT2D eigenvalue weighted by Gasteiger charge is -2.17. The van der Waals surface area contributed by atoms with Crippen LogP contribution in [-0.4, -0.2) is 42.6 Å². The highest BCUT2D eigenvalue weighted by molar-refractivity contribution is 7.98. The Labute approximate surface area is 189 Å². The molecule has 12 heteroatoms. The summed E-state index contributed by atoms with van der Waals surface area (Å²) in [7, 11) is -3.97. The molecule has 2 N–H and O–H groups in total. The lowest BCUT2D eigenvalue weighted by atomic mass is 10.2. The number of hydrogen-bond acceptors (Lipinski definition) is 7. The quantitative estimate of drug-likeness (QED) is 0.482. The van der Waals surface area contributed by atoms with Crippen LogP contribution in [0.3, 0.4) is 0 Å². The SMILES string of the molecule is CCCCc1nnc(NC(=O)C(CCSC)NS(=O)(=O)c2ccc(Cl)c(Cl)c2)s1. The van der Waals surface area contributed by atoms with Gasteiger partial charge in [-0.2, -0.15) is 16.5 Å². The van der Waals surface area contributed by atoms with Crippen molar-refractivity contribution >= 4 is 67.4 Å². The number of carbonyl (C=O) groups excluding carboxylic acids is 1. The maximum atomic E-state index is 12.7. The molecule has 160 valence electrons. The van der Waals surface area contributed by atoms with Crippen LogP contribution in [0.2, 0.25) is 10.0 Å². The second-order valence-electron chi connectivity index (χ2n) is 6.13. The molecule has 1 atom stereocenters. The Morgan fingerprint density at radius 1 is 1.28 bits per heavy atom. The molecule has 0 fully saturated rings. The molecule has 0 saturated heterocycles. The monoisotopic (exact) mass is 496 g/mol. The number of hydrogen-bond donors (Lipinski definition) is 2. The molecule has 1 aromatic heterocycles. The minimum absolute atomic E-state index is 0.0633. The fourth-order valence-electron chi connectivity index (χ4n) is 2.30. The van der Waals surface area contributed by atoms with Gasteiger partial charge in [-0.15, -0.1) is 10.2 Å². The van der Waals surface area contributed by atoms with Crippen molar-refractivity contribution < 1.29 is 13.2 Å². The van der Waals surface area contributed by atoms with Crippen LogP contribution in [0.1, 0.15) is 31.2 Å². The summed E-state index contributed by atoms with van der Waals surface area (Å²) in [6.07, 6.45) is 5.02. The van der Waals surface area contributed by atoms with Crippen LogP contribution in [0.25, 0.3) is 0 Å². The number of nitrogens with zero attached hydrogens (tertiary/aromatic N) is 2. The standard InChI is InChI=1S/C17H22Cl2N4O3S3/c1-3-4-5-15-21-22-17(28-15)20-16(24)14(8-9-27-2)23-29(25,26)11-6-7-12(18)13(19)10-11/h6-7,10,14,23H,3-5,8-9H2,1-2H3,(H,20,22,24). The molecule has 0 aliphatic carbocycles. The van der Waals surface area contributed by atoms with Gasteiger partial charge < -0.3 is 0 Å². The lowest BCUT2D eigenvalue weighted by molar-refractivity contribution is -0.117. The van der Waals surface area contributed by atoms with Gasteiger partial charge in [-0.25, -0.2) is 8.42 Å². The van der Waals surface area contributed by atoms with Crippen LogP contribution >= 0.6 is 46.3 Å².